The molecule has 0 fully saturated rings. The van der Waals surface area contributed by atoms with Crippen molar-refractivity contribution < 1.29 is 4.42 Å². The number of benzene rings is 1. The van der Waals surface area contributed by atoms with Gasteiger partial charge >= 0.3 is 0 Å². The van der Waals surface area contributed by atoms with Crippen LogP contribution in [0.15, 0.2) is 45.9 Å². The Labute approximate surface area is 152 Å². The zero-order valence-corrected chi connectivity index (χ0v) is 14.8. The third-order valence-corrected chi connectivity index (χ3v) is 5.25. The van der Waals surface area contributed by atoms with Crippen LogP contribution in [0.2, 0.25) is 0 Å². The first-order valence-electron chi connectivity index (χ1n) is 9.43. The van der Waals surface area contributed by atoms with E-state index in [9.17, 15) is 0 Å². The summed E-state index contributed by atoms with van der Waals surface area (Å²) >= 11 is 0. The zero-order valence-electron chi connectivity index (χ0n) is 14.8. The molecule has 2 aromatic heterocycles. The van der Waals surface area contributed by atoms with Gasteiger partial charge in [0.05, 0.1) is 18.0 Å². The highest BCUT2D eigenvalue weighted by Gasteiger charge is 2.21. The molecule has 0 bridgehead atoms. The number of furan rings is 1. The van der Waals surface area contributed by atoms with E-state index >= 15 is 0 Å². The van der Waals surface area contributed by atoms with Crippen molar-refractivity contribution in [3.63, 3.8) is 0 Å². The molecule has 5 heteroatoms. The number of rotatable bonds is 3. The quantitative estimate of drug-likeness (QED) is 0.725. The lowest BCUT2D eigenvalue weighted by Gasteiger charge is -2.27. The Morgan fingerprint density at radius 3 is 2.96 bits per heavy atom. The maximum atomic E-state index is 5.97. The third kappa shape index (κ3) is 3.03. The fourth-order valence-electron chi connectivity index (χ4n) is 3.86. The Kier molecular flexibility index (Phi) is 4.02. The van der Waals surface area contributed by atoms with E-state index in [4.69, 9.17) is 9.40 Å². The molecule has 0 amide bonds. The van der Waals surface area contributed by atoms with E-state index < -0.39 is 0 Å². The smallest absolute Gasteiger partial charge is 0.173 e. The first kappa shape index (κ1) is 15.7. The van der Waals surface area contributed by atoms with Crippen LogP contribution >= 0.6 is 0 Å². The second-order valence-corrected chi connectivity index (χ2v) is 7.16. The van der Waals surface area contributed by atoms with Gasteiger partial charge in [0, 0.05) is 43.2 Å². The summed E-state index contributed by atoms with van der Waals surface area (Å²) in [4.78, 5) is 16.4. The molecule has 2 aliphatic heterocycles. The van der Waals surface area contributed by atoms with Crippen molar-refractivity contribution in [1.82, 2.24) is 14.9 Å². The lowest BCUT2D eigenvalue weighted by molar-refractivity contribution is 0.225. The summed E-state index contributed by atoms with van der Waals surface area (Å²) in [5.41, 5.74) is 4.46. The standard InChI is InChI=1S/C21H22N4O/c1-2-7-20-15(5-1)11-17(26-20)14-25-10-8-18-16(13-25)12-23-21(24-18)19-6-3-4-9-22-19/h1-2,5,7,11-12H,3-4,6,8-10,13-14H2. The Bertz CT molecular complexity index is 942. The van der Waals surface area contributed by atoms with Crippen LogP contribution in [-0.2, 0) is 19.5 Å². The summed E-state index contributed by atoms with van der Waals surface area (Å²) in [6.07, 6.45) is 6.35. The van der Waals surface area contributed by atoms with Gasteiger partial charge in [0.15, 0.2) is 5.82 Å². The number of aliphatic imine (C=N–C) groups is 1. The van der Waals surface area contributed by atoms with Crippen LogP contribution in [0, 0.1) is 0 Å². The molecule has 0 atom stereocenters. The van der Waals surface area contributed by atoms with E-state index in [1.54, 1.807) is 0 Å². The molecule has 26 heavy (non-hydrogen) atoms. The van der Waals surface area contributed by atoms with E-state index in [0.29, 0.717) is 0 Å². The maximum Gasteiger partial charge on any atom is 0.173 e. The Morgan fingerprint density at radius 1 is 1.12 bits per heavy atom. The third-order valence-electron chi connectivity index (χ3n) is 5.25. The average Bonchev–Trinajstić information content (AvgIpc) is 3.10. The van der Waals surface area contributed by atoms with E-state index in [1.807, 2.05) is 24.4 Å². The van der Waals surface area contributed by atoms with Gasteiger partial charge in [-0.15, -0.1) is 0 Å². The SMILES string of the molecule is c1ccc2oc(CN3CCc4nc(C5=NCCCC5)ncc4C3)cc2c1. The molecule has 132 valence electrons. The van der Waals surface area contributed by atoms with Gasteiger partial charge in [0.1, 0.15) is 11.3 Å². The van der Waals surface area contributed by atoms with E-state index in [1.165, 1.54) is 29.5 Å². The Balaban J connectivity index is 1.32. The first-order valence-corrected chi connectivity index (χ1v) is 9.43. The largest absolute Gasteiger partial charge is 0.460 e. The summed E-state index contributed by atoms with van der Waals surface area (Å²) in [7, 11) is 0. The molecule has 0 saturated carbocycles. The minimum atomic E-state index is 0.822. The fraction of sp³-hybridized carbons (Fsp3) is 0.381. The van der Waals surface area contributed by atoms with Crippen molar-refractivity contribution in [3.05, 3.63) is 59.4 Å². The number of nitrogens with zero attached hydrogens (tertiary/aromatic N) is 4. The molecule has 4 heterocycles. The van der Waals surface area contributed by atoms with Crippen molar-refractivity contribution in [2.45, 2.75) is 38.8 Å². The monoisotopic (exact) mass is 346 g/mol. The second kappa shape index (κ2) is 6.65. The van der Waals surface area contributed by atoms with Gasteiger partial charge in [-0.3, -0.25) is 9.89 Å². The van der Waals surface area contributed by atoms with Gasteiger partial charge in [0.25, 0.3) is 0 Å². The van der Waals surface area contributed by atoms with E-state index in [-0.39, 0.29) is 0 Å². The van der Waals surface area contributed by atoms with Crippen LogP contribution in [-0.4, -0.2) is 33.7 Å². The number of hydrogen-bond donors (Lipinski definition) is 0. The van der Waals surface area contributed by atoms with Crippen LogP contribution in [0.3, 0.4) is 0 Å². The molecule has 0 N–H and O–H groups in total. The number of fused-ring (bicyclic) bond motifs is 2. The second-order valence-electron chi connectivity index (χ2n) is 7.16. The molecular weight excluding hydrogens is 324 g/mol. The van der Waals surface area contributed by atoms with Gasteiger partial charge in [-0.25, -0.2) is 9.97 Å². The molecule has 0 spiro atoms. The zero-order chi connectivity index (χ0) is 17.3. The summed E-state index contributed by atoms with van der Waals surface area (Å²) in [5.74, 6) is 1.86. The van der Waals surface area contributed by atoms with E-state index in [0.717, 1.165) is 61.9 Å². The average molecular weight is 346 g/mol. The summed E-state index contributed by atoms with van der Waals surface area (Å²) < 4.78 is 5.97. The Hall–Kier alpha value is -2.53. The van der Waals surface area contributed by atoms with Crippen molar-refractivity contribution in [2.75, 3.05) is 13.1 Å². The Morgan fingerprint density at radius 2 is 2.08 bits per heavy atom. The summed E-state index contributed by atoms with van der Waals surface area (Å²) in [6, 6.07) is 10.3. The van der Waals surface area contributed by atoms with Crippen LogP contribution < -0.4 is 0 Å². The van der Waals surface area contributed by atoms with Crippen LogP contribution in [0.5, 0.6) is 0 Å². The number of aromatic nitrogens is 2. The van der Waals surface area contributed by atoms with Crippen molar-refractivity contribution in [1.29, 1.82) is 0 Å². The summed E-state index contributed by atoms with van der Waals surface area (Å²) in [5, 5.41) is 1.17. The normalized spacial score (nSPS) is 17.9. The van der Waals surface area contributed by atoms with Gasteiger partial charge in [-0.05, 0) is 31.4 Å². The molecule has 0 unspecified atom stereocenters. The maximum absolute atomic E-state index is 5.97. The molecular formula is C21H22N4O. The first-order chi connectivity index (χ1) is 12.8. The molecule has 5 nitrogen and oxygen atoms in total. The lowest BCUT2D eigenvalue weighted by atomic mass is 10.1. The highest BCUT2D eigenvalue weighted by Crippen LogP contribution is 2.23. The predicted octanol–water partition coefficient (Wildman–Crippen LogP) is 3.75. The molecule has 2 aliphatic rings. The van der Waals surface area contributed by atoms with Crippen molar-refractivity contribution >= 4 is 16.7 Å². The molecule has 1 aromatic carbocycles. The highest BCUT2D eigenvalue weighted by molar-refractivity contribution is 5.97. The summed E-state index contributed by atoms with van der Waals surface area (Å²) in [6.45, 7) is 3.61. The van der Waals surface area contributed by atoms with Gasteiger partial charge < -0.3 is 4.42 Å². The molecule has 0 aliphatic carbocycles. The minimum Gasteiger partial charge on any atom is -0.460 e. The fourth-order valence-corrected chi connectivity index (χ4v) is 3.86. The number of hydrogen-bond acceptors (Lipinski definition) is 5. The van der Waals surface area contributed by atoms with Crippen LogP contribution in [0.25, 0.3) is 11.0 Å². The molecule has 0 radical (unpaired) electrons. The topological polar surface area (TPSA) is 54.5 Å². The van der Waals surface area contributed by atoms with Gasteiger partial charge in [-0.2, -0.15) is 0 Å². The molecule has 3 aromatic rings. The van der Waals surface area contributed by atoms with Gasteiger partial charge in [0.2, 0.25) is 0 Å². The van der Waals surface area contributed by atoms with Crippen molar-refractivity contribution in [2.24, 2.45) is 4.99 Å². The minimum absolute atomic E-state index is 0.822. The molecule has 5 rings (SSSR count). The van der Waals surface area contributed by atoms with Crippen LogP contribution in [0.4, 0.5) is 0 Å². The van der Waals surface area contributed by atoms with Gasteiger partial charge in [-0.1, -0.05) is 18.2 Å². The highest BCUT2D eigenvalue weighted by atomic mass is 16.3. The van der Waals surface area contributed by atoms with Crippen LogP contribution in [0.1, 0.15) is 42.1 Å². The predicted molar refractivity (Wildman–Crippen MR) is 101 cm³/mol. The molecule has 0 saturated heterocycles. The van der Waals surface area contributed by atoms with E-state index in [2.05, 4.69) is 27.0 Å². The van der Waals surface area contributed by atoms with Crippen molar-refractivity contribution in [3.8, 4) is 0 Å². The number of para-hydroxylation sites is 1. The lowest BCUT2D eigenvalue weighted by Crippen LogP contribution is -2.31.